The molecule has 66 valence electrons. The van der Waals surface area contributed by atoms with Crippen molar-refractivity contribution in [1.82, 2.24) is 0 Å². The highest BCUT2D eigenvalue weighted by atomic mass is 19.3. The Morgan fingerprint density at radius 3 is 2.08 bits per heavy atom. The van der Waals surface area contributed by atoms with Gasteiger partial charge in [-0.05, 0) is 5.56 Å². The van der Waals surface area contributed by atoms with Crippen LogP contribution in [0, 0.1) is 0 Å². The zero-order valence-corrected chi connectivity index (χ0v) is 6.18. The molecule has 0 spiro atoms. The third kappa shape index (κ3) is 1.98. The smallest absolute Gasteiger partial charge is 0.269 e. The molecule has 0 aliphatic heterocycles. The van der Waals surface area contributed by atoms with Crippen molar-refractivity contribution < 1.29 is 13.2 Å². The first kappa shape index (κ1) is 9.06. The zero-order chi connectivity index (χ0) is 9.19. The maximum atomic E-state index is 12.8. The Morgan fingerprint density at radius 2 is 1.67 bits per heavy atom. The topological polar surface area (TPSA) is 26.0 Å². The van der Waals surface area contributed by atoms with E-state index in [1.54, 1.807) is 6.07 Å². The molecular formula is C8H8F3N. The van der Waals surface area contributed by atoms with Crippen LogP contribution >= 0.6 is 0 Å². The molecule has 1 aromatic carbocycles. The van der Waals surface area contributed by atoms with Gasteiger partial charge < -0.3 is 0 Å². The van der Waals surface area contributed by atoms with Gasteiger partial charge in [-0.1, -0.05) is 30.3 Å². The number of hydrogen-bond acceptors (Lipinski definition) is 1. The Hall–Kier alpha value is -1.03. The van der Waals surface area contributed by atoms with Crippen LogP contribution in [0.1, 0.15) is 11.7 Å². The Bertz CT molecular complexity index is 242. The second-order valence-electron chi connectivity index (χ2n) is 2.45. The van der Waals surface area contributed by atoms with Gasteiger partial charge in [0.05, 0.1) is 0 Å². The highest BCUT2D eigenvalue weighted by molar-refractivity contribution is 5.18. The van der Waals surface area contributed by atoms with Gasteiger partial charge >= 0.3 is 6.05 Å². The summed E-state index contributed by atoms with van der Waals surface area (Å²) in [7, 11) is 0. The van der Waals surface area contributed by atoms with Crippen molar-refractivity contribution in [3.63, 3.8) is 0 Å². The summed E-state index contributed by atoms with van der Waals surface area (Å²) in [5, 5.41) is 0. The predicted molar refractivity (Wildman–Crippen MR) is 39.4 cm³/mol. The molecule has 0 aromatic heterocycles. The number of alkyl halides is 3. The monoisotopic (exact) mass is 175 g/mol. The first-order valence-electron chi connectivity index (χ1n) is 3.37. The van der Waals surface area contributed by atoms with Crippen molar-refractivity contribution in [2.75, 3.05) is 0 Å². The molecule has 4 heteroatoms. The summed E-state index contributed by atoms with van der Waals surface area (Å²) < 4.78 is 37.2. The third-order valence-corrected chi connectivity index (χ3v) is 1.43. The van der Waals surface area contributed by atoms with Gasteiger partial charge in [0.2, 0.25) is 6.17 Å². The van der Waals surface area contributed by atoms with Crippen molar-refractivity contribution in [2.45, 2.75) is 12.2 Å². The molecule has 0 aliphatic carbocycles. The molecule has 1 atom stereocenters. The Morgan fingerprint density at radius 1 is 1.17 bits per heavy atom. The molecule has 0 heterocycles. The van der Waals surface area contributed by atoms with E-state index in [9.17, 15) is 13.2 Å². The Kier molecular flexibility index (Phi) is 2.38. The summed E-state index contributed by atoms with van der Waals surface area (Å²) in [4.78, 5) is 0. The van der Waals surface area contributed by atoms with E-state index in [1.807, 2.05) is 0 Å². The molecular weight excluding hydrogens is 167 g/mol. The zero-order valence-electron chi connectivity index (χ0n) is 6.18. The largest absolute Gasteiger partial charge is 0.335 e. The molecule has 0 radical (unpaired) electrons. The van der Waals surface area contributed by atoms with E-state index in [0.29, 0.717) is 0 Å². The summed E-state index contributed by atoms with van der Waals surface area (Å²) in [5.41, 5.74) is 4.20. The molecule has 0 bridgehead atoms. The fourth-order valence-electron chi connectivity index (χ4n) is 0.844. The summed E-state index contributed by atoms with van der Waals surface area (Å²) in [6.07, 6.45) is -2.43. The number of halogens is 3. The molecule has 0 saturated heterocycles. The Balaban J connectivity index is 2.86. The molecule has 0 fully saturated rings. The van der Waals surface area contributed by atoms with Gasteiger partial charge in [-0.2, -0.15) is 8.78 Å². The van der Waals surface area contributed by atoms with Crippen molar-refractivity contribution in [2.24, 2.45) is 5.73 Å². The van der Waals surface area contributed by atoms with Crippen LogP contribution in [0.5, 0.6) is 0 Å². The lowest BCUT2D eigenvalue weighted by molar-refractivity contribution is -0.0682. The lowest BCUT2D eigenvalue weighted by atomic mass is 10.1. The van der Waals surface area contributed by atoms with Crippen LogP contribution in [0.15, 0.2) is 30.3 Å². The summed E-state index contributed by atoms with van der Waals surface area (Å²) in [6.45, 7) is 0. The normalized spacial score (nSPS) is 14.3. The van der Waals surface area contributed by atoms with Gasteiger partial charge in [0, 0.05) is 0 Å². The molecule has 1 aromatic rings. The molecule has 1 nitrogen and oxygen atoms in total. The van der Waals surface area contributed by atoms with E-state index in [4.69, 9.17) is 0 Å². The average molecular weight is 175 g/mol. The minimum absolute atomic E-state index is 0.106. The highest BCUT2D eigenvalue weighted by Gasteiger charge is 2.36. The van der Waals surface area contributed by atoms with Gasteiger partial charge in [0.1, 0.15) is 0 Å². The second-order valence-corrected chi connectivity index (χ2v) is 2.45. The van der Waals surface area contributed by atoms with E-state index < -0.39 is 12.2 Å². The van der Waals surface area contributed by atoms with Gasteiger partial charge in [-0.3, -0.25) is 5.73 Å². The van der Waals surface area contributed by atoms with E-state index in [0.717, 1.165) is 0 Å². The molecule has 0 amide bonds. The summed E-state index contributed by atoms with van der Waals surface area (Å²) in [6, 6.07) is 3.31. The van der Waals surface area contributed by atoms with Crippen molar-refractivity contribution >= 4 is 0 Å². The molecule has 0 aliphatic rings. The van der Waals surface area contributed by atoms with Gasteiger partial charge in [-0.25, -0.2) is 4.39 Å². The number of rotatable bonds is 2. The SMILES string of the molecule is NC(F)(F)C(F)c1ccccc1. The number of hydrogen-bond donors (Lipinski definition) is 1. The Labute approximate surface area is 68.0 Å². The maximum absolute atomic E-state index is 12.8. The summed E-state index contributed by atoms with van der Waals surface area (Å²) >= 11 is 0. The minimum Gasteiger partial charge on any atom is -0.269 e. The molecule has 2 N–H and O–H groups in total. The lowest BCUT2D eigenvalue weighted by Gasteiger charge is -2.15. The van der Waals surface area contributed by atoms with Crippen LogP contribution in [0.4, 0.5) is 13.2 Å². The predicted octanol–water partition coefficient (Wildman–Crippen LogP) is 2.25. The summed E-state index contributed by atoms with van der Waals surface area (Å²) in [5.74, 6) is 0. The van der Waals surface area contributed by atoms with Crippen LogP contribution in [0.2, 0.25) is 0 Å². The first-order chi connectivity index (χ1) is 5.52. The van der Waals surface area contributed by atoms with E-state index in [-0.39, 0.29) is 5.56 Å². The van der Waals surface area contributed by atoms with Crippen molar-refractivity contribution in [1.29, 1.82) is 0 Å². The van der Waals surface area contributed by atoms with Crippen molar-refractivity contribution in [3.05, 3.63) is 35.9 Å². The van der Waals surface area contributed by atoms with Gasteiger partial charge in [-0.15, -0.1) is 0 Å². The molecule has 1 unspecified atom stereocenters. The standard InChI is InChI=1S/C8H8F3N/c9-7(8(10,11)12)6-4-2-1-3-5-6/h1-5,7H,12H2. The molecule has 1 rings (SSSR count). The highest BCUT2D eigenvalue weighted by Crippen LogP contribution is 2.29. The van der Waals surface area contributed by atoms with E-state index in [1.165, 1.54) is 24.3 Å². The first-order valence-corrected chi connectivity index (χ1v) is 3.37. The number of benzene rings is 1. The van der Waals surface area contributed by atoms with Gasteiger partial charge in [0.25, 0.3) is 0 Å². The van der Waals surface area contributed by atoms with Crippen LogP contribution in [-0.4, -0.2) is 6.05 Å². The second kappa shape index (κ2) is 3.15. The van der Waals surface area contributed by atoms with Crippen LogP contribution in [0.3, 0.4) is 0 Å². The van der Waals surface area contributed by atoms with E-state index >= 15 is 0 Å². The maximum Gasteiger partial charge on any atom is 0.335 e. The van der Waals surface area contributed by atoms with Crippen molar-refractivity contribution in [3.8, 4) is 0 Å². The fourth-order valence-corrected chi connectivity index (χ4v) is 0.844. The van der Waals surface area contributed by atoms with Gasteiger partial charge in [0.15, 0.2) is 0 Å². The van der Waals surface area contributed by atoms with E-state index in [2.05, 4.69) is 5.73 Å². The third-order valence-electron chi connectivity index (χ3n) is 1.43. The molecule has 12 heavy (non-hydrogen) atoms. The minimum atomic E-state index is -3.80. The average Bonchev–Trinajstić information content (AvgIpc) is 2.03. The fraction of sp³-hybridized carbons (Fsp3) is 0.250. The molecule has 0 saturated carbocycles. The quantitative estimate of drug-likeness (QED) is 0.685. The lowest BCUT2D eigenvalue weighted by Crippen LogP contribution is -2.33. The van der Waals surface area contributed by atoms with Crippen LogP contribution in [-0.2, 0) is 0 Å². The number of nitrogens with two attached hydrogens (primary N) is 1. The van der Waals surface area contributed by atoms with Crippen LogP contribution in [0.25, 0.3) is 0 Å². The van der Waals surface area contributed by atoms with Crippen LogP contribution < -0.4 is 5.73 Å².